The molecule has 1 heterocycles. The fourth-order valence-electron chi connectivity index (χ4n) is 1.60. The van der Waals surface area contributed by atoms with Gasteiger partial charge in [0.05, 0.1) is 19.1 Å². The van der Waals surface area contributed by atoms with Gasteiger partial charge in [0.15, 0.2) is 5.76 Å². The highest BCUT2D eigenvalue weighted by Gasteiger charge is 2.14. The minimum absolute atomic E-state index is 0.0934. The molecule has 2 rings (SSSR count). The van der Waals surface area contributed by atoms with E-state index in [1.807, 2.05) is 5.43 Å². The highest BCUT2D eigenvalue weighted by atomic mass is 16.5. The van der Waals surface area contributed by atoms with Gasteiger partial charge < -0.3 is 14.3 Å². The van der Waals surface area contributed by atoms with Crippen molar-refractivity contribution in [2.45, 2.75) is 6.61 Å². The number of hydrazine groups is 1. The Morgan fingerprint density at radius 1 is 1.53 bits per heavy atom. The first-order chi connectivity index (χ1) is 8.19. The molecular weight excluding hydrogens is 224 g/mol. The van der Waals surface area contributed by atoms with Crippen molar-refractivity contribution >= 4 is 16.9 Å². The molecule has 0 radical (unpaired) electrons. The van der Waals surface area contributed by atoms with E-state index in [0.29, 0.717) is 22.3 Å². The maximum Gasteiger partial charge on any atom is 0.300 e. The third-order valence-electron chi connectivity index (χ3n) is 2.42. The minimum atomic E-state index is -0.520. The number of furan rings is 1. The summed E-state index contributed by atoms with van der Waals surface area (Å²) < 4.78 is 10.5. The molecular formula is C11H12N2O4. The number of nitrogens with one attached hydrogen (secondary N) is 1. The Balaban J connectivity index is 2.62. The van der Waals surface area contributed by atoms with Crippen molar-refractivity contribution in [1.29, 1.82) is 0 Å². The molecule has 0 atom stereocenters. The van der Waals surface area contributed by atoms with Crippen LogP contribution in [0, 0.1) is 0 Å². The molecule has 0 saturated carbocycles. The molecule has 90 valence electrons. The third kappa shape index (κ3) is 1.95. The number of nitrogen functional groups attached to an aromatic ring is 1. The monoisotopic (exact) mass is 236 g/mol. The first-order valence-electron chi connectivity index (χ1n) is 4.92. The fraction of sp³-hybridized carbons (Fsp3) is 0.182. The van der Waals surface area contributed by atoms with Crippen LogP contribution in [0.3, 0.4) is 0 Å². The van der Waals surface area contributed by atoms with Crippen molar-refractivity contribution in [3.05, 3.63) is 29.5 Å². The molecule has 0 aliphatic heterocycles. The van der Waals surface area contributed by atoms with Crippen molar-refractivity contribution in [1.82, 2.24) is 5.43 Å². The number of nitrogens with two attached hydrogens (primary N) is 1. The highest BCUT2D eigenvalue weighted by molar-refractivity contribution is 5.97. The molecule has 0 saturated heterocycles. The minimum Gasteiger partial charge on any atom is -0.496 e. The van der Waals surface area contributed by atoms with Crippen LogP contribution in [0.15, 0.2) is 22.6 Å². The predicted molar refractivity (Wildman–Crippen MR) is 60.3 cm³/mol. The molecule has 17 heavy (non-hydrogen) atoms. The van der Waals surface area contributed by atoms with Crippen LogP contribution in [0.1, 0.15) is 16.1 Å². The standard InChI is InChI=1S/C11H12N2O4/c1-16-8-2-6(5-14)3-9-7(8)4-10(17-9)11(15)13-12/h2-4,14H,5,12H2,1H3,(H,13,15). The zero-order chi connectivity index (χ0) is 12.4. The lowest BCUT2D eigenvalue weighted by molar-refractivity contribution is 0.0928. The summed E-state index contributed by atoms with van der Waals surface area (Å²) in [5.74, 6) is 5.13. The van der Waals surface area contributed by atoms with Crippen LogP contribution in [0.4, 0.5) is 0 Å². The number of rotatable bonds is 3. The summed E-state index contributed by atoms with van der Waals surface area (Å²) >= 11 is 0. The number of carbonyl (C=O) groups is 1. The van der Waals surface area contributed by atoms with Crippen molar-refractivity contribution in [2.75, 3.05) is 7.11 Å². The van der Waals surface area contributed by atoms with Crippen LogP contribution in [-0.4, -0.2) is 18.1 Å². The second-order valence-electron chi connectivity index (χ2n) is 3.45. The molecule has 0 fully saturated rings. The maximum atomic E-state index is 11.3. The molecule has 1 amide bonds. The first-order valence-corrected chi connectivity index (χ1v) is 4.92. The number of benzene rings is 1. The molecule has 0 aliphatic rings. The predicted octanol–water partition coefficient (Wildman–Crippen LogP) is 0.537. The van der Waals surface area contributed by atoms with Crippen LogP contribution in [-0.2, 0) is 6.61 Å². The van der Waals surface area contributed by atoms with Gasteiger partial charge in [-0.2, -0.15) is 0 Å². The number of methoxy groups -OCH3 is 1. The van der Waals surface area contributed by atoms with Crippen molar-refractivity contribution < 1.29 is 19.1 Å². The molecule has 0 bridgehead atoms. The number of amides is 1. The second-order valence-corrected chi connectivity index (χ2v) is 3.45. The van der Waals surface area contributed by atoms with Gasteiger partial charge >= 0.3 is 5.91 Å². The number of hydrogen-bond acceptors (Lipinski definition) is 5. The van der Waals surface area contributed by atoms with Crippen LogP contribution in [0.25, 0.3) is 11.0 Å². The molecule has 0 spiro atoms. The summed E-state index contributed by atoms with van der Waals surface area (Å²) in [5, 5.41) is 9.74. The van der Waals surface area contributed by atoms with Crippen molar-refractivity contribution in [3.8, 4) is 5.75 Å². The Kier molecular flexibility index (Phi) is 2.99. The lowest BCUT2D eigenvalue weighted by Gasteiger charge is -2.03. The fourth-order valence-corrected chi connectivity index (χ4v) is 1.60. The summed E-state index contributed by atoms with van der Waals surface area (Å²) in [7, 11) is 1.51. The third-order valence-corrected chi connectivity index (χ3v) is 2.42. The zero-order valence-corrected chi connectivity index (χ0v) is 9.19. The normalized spacial score (nSPS) is 10.5. The van der Waals surface area contributed by atoms with E-state index >= 15 is 0 Å². The van der Waals surface area contributed by atoms with E-state index in [2.05, 4.69) is 0 Å². The first kappa shape index (κ1) is 11.4. The molecule has 0 aliphatic carbocycles. The van der Waals surface area contributed by atoms with E-state index in [0.717, 1.165) is 0 Å². The summed E-state index contributed by atoms with van der Waals surface area (Å²) in [6.45, 7) is -0.134. The lowest BCUT2D eigenvalue weighted by atomic mass is 10.1. The Labute approximate surface area is 96.9 Å². The summed E-state index contributed by atoms with van der Waals surface area (Å²) in [5.41, 5.74) is 3.09. The van der Waals surface area contributed by atoms with E-state index in [1.54, 1.807) is 12.1 Å². The van der Waals surface area contributed by atoms with Gasteiger partial charge in [-0.3, -0.25) is 10.2 Å². The highest BCUT2D eigenvalue weighted by Crippen LogP contribution is 2.30. The summed E-state index contributed by atoms with van der Waals surface area (Å²) in [6.07, 6.45) is 0. The number of aliphatic hydroxyl groups excluding tert-OH is 1. The van der Waals surface area contributed by atoms with Gasteiger partial charge in [0.25, 0.3) is 0 Å². The number of fused-ring (bicyclic) bond motifs is 1. The van der Waals surface area contributed by atoms with E-state index in [4.69, 9.17) is 20.1 Å². The van der Waals surface area contributed by atoms with Gasteiger partial charge in [-0.15, -0.1) is 0 Å². The number of hydrogen-bond donors (Lipinski definition) is 3. The van der Waals surface area contributed by atoms with Gasteiger partial charge in [0, 0.05) is 6.07 Å². The molecule has 1 aromatic heterocycles. The maximum absolute atomic E-state index is 11.3. The molecule has 4 N–H and O–H groups in total. The van der Waals surface area contributed by atoms with E-state index in [-0.39, 0.29) is 12.4 Å². The zero-order valence-electron chi connectivity index (χ0n) is 9.19. The van der Waals surface area contributed by atoms with Crippen LogP contribution in [0.2, 0.25) is 0 Å². The van der Waals surface area contributed by atoms with Crippen LogP contribution >= 0.6 is 0 Å². The Morgan fingerprint density at radius 3 is 2.88 bits per heavy atom. The number of ether oxygens (including phenoxy) is 1. The molecule has 2 aromatic rings. The Bertz CT molecular complexity index is 562. The summed E-state index contributed by atoms with van der Waals surface area (Å²) in [6, 6.07) is 4.87. The van der Waals surface area contributed by atoms with E-state index in [9.17, 15) is 4.79 Å². The lowest BCUT2D eigenvalue weighted by Crippen LogP contribution is -2.29. The molecule has 6 nitrogen and oxygen atoms in total. The van der Waals surface area contributed by atoms with Gasteiger partial charge in [0.2, 0.25) is 0 Å². The Hall–Kier alpha value is -2.05. The second kappa shape index (κ2) is 4.44. The van der Waals surface area contributed by atoms with Crippen LogP contribution in [0.5, 0.6) is 5.75 Å². The topological polar surface area (TPSA) is 97.7 Å². The van der Waals surface area contributed by atoms with Gasteiger partial charge in [-0.1, -0.05) is 0 Å². The van der Waals surface area contributed by atoms with E-state index < -0.39 is 5.91 Å². The quantitative estimate of drug-likeness (QED) is 0.410. The smallest absolute Gasteiger partial charge is 0.300 e. The van der Waals surface area contributed by atoms with Gasteiger partial charge in [-0.25, -0.2) is 5.84 Å². The molecule has 6 heteroatoms. The van der Waals surface area contributed by atoms with Crippen molar-refractivity contribution in [3.63, 3.8) is 0 Å². The number of aliphatic hydroxyl groups is 1. The Morgan fingerprint density at radius 2 is 2.29 bits per heavy atom. The van der Waals surface area contributed by atoms with Crippen molar-refractivity contribution in [2.24, 2.45) is 5.84 Å². The largest absolute Gasteiger partial charge is 0.496 e. The average molecular weight is 236 g/mol. The molecule has 0 unspecified atom stereocenters. The SMILES string of the molecule is COc1cc(CO)cc2oc(C(=O)NN)cc12. The van der Waals surface area contributed by atoms with Crippen LogP contribution < -0.4 is 16.0 Å². The summed E-state index contributed by atoms with van der Waals surface area (Å²) in [4.78, 5) is 11.3. The molecule has 1 aromatic carbocycles. The average Bonchev–Trinajstić information content (AvgIpc) is 2.80. The number of carbonyl (C=O) groups excluding carboxylic acids is 1. The van der Waals surface area contributed by atoms with Gasteiger partial charge in [0.1, 0.15) is 11.3 Å². The van der Waals surface area contributed by atoms with Gasteiger partial charge in [-0.05, 0) is 17.7 Å². The van der Waals surface area contributed by atoms with E-state index in [1.165, 1.54) is 13.2 Å².